The van der Waals surface area contributed by atoms with Crippen molar-refractivity contribution in [2.24, 2.45) is 0 Å². The highest BCUT2D eigenvalue weighted by atomic mass is 32.1. The lowest BCUT2D eigenvalue weighted by Crippen LogP contribution is -2.32. The Kier molecular flexibility index (Phi) is 11.1. The summed E-state index contributed by atoms with van der Waals surface area (Å²) >= 11 is 1.38. The highest BCUT2D eigenvalue weighted by molar-refractivity contribution is 7.09. The van der Waals surface area contributed by atoms with Crippen LogP contribution in [0.15, 0.2) is 5.38 Å². The predicted octanol–water partition coefficient (Wildman–Crippen LogP) is 3.66. The van der Waals surface area contributed by atoms with Crippen LogP contribution in [-0.2, 0) is 20.8 Å². The van der Waals surface area contributed by atoms with E-state index in [0.717, 1.165) is 30.7 Å². The number of carbonyl (C=O) groups is 2. The van der Waals surface area contributed by atoms with Gasteiger partial charge in [0.1, 0.15) is 5.01 Å². The quantitative estimate of drug-likeness (QED) is 0.391. The van der Waals surface area contributed by atoms with Crippen LogP contribution in [0.2, 0.25) is 0 Å². The first-order valence-electron chi connectivity index (χ1n) is 9.09. The number of nitrogens with zero attached hydrogens (tertiary/aromatic N) is 2. The lowest BCUT2D eigenvalue weighted by atomic mass is 10.2. The van der Waals surface area contributed by atoms with Gasteiger partial charge in [-0.15, -0.1) is 11.3 Å². The van der Waals surface area contributed by atoms with Gasteiger partial charge in [-0.1, -0.05) is 19.8 Å². The fourth-order valence-corrected chi connectivity index (χ4v) is 3.10. The normalized spacial score (nSPS) is 10.7. The summed E-state index contributed by atoms with van der Waals surface area (Å²) < 4.78 is 10.3. The second-order valence-corrected chi connectivity index (χ2v) is 6.61. The van der Waals surface area contributed by atoms with Gasteiger partial charge in [-0.3, -0.25) is 4.79 Å². The molecular formula is C18H30N2O4S. The van der Waals surface area contributed by atoms with Crippen molar-refractivity contribution in [3.63, 3.8) is 0 Å². The monoisotopic (exact) mass is 370 g/mol. The average Bonchev–Trinajstić information content (AvgIpc) is 3.06. The molecule has 0 aliphatic rings. The number of ether oxygens (including phenoxy) is 2. The van der Waals surface area contributed by atoms with Gasteiger partial charge in [0.25, 0.3) is 0 Å². The van der Waals surface area contributed by atoms with E-state index < -0.39 is 5.97 Å². The number of hydrogen-bond donors (Lipinski definition) is 0. The number of hydrogen-bond acceptors (Lipinski definition) is 6. The van der Waals surface area contributed by atoms with E-state index in [0.29, 0.717) is 45.0 Å². The first kappa shape index (κ1) is 21.6. The van der Waals surface area contributed by atoms with Crippen molar-refractivity contribution in [3.8, 4) is 0 Å². The zero-order chi connectivity index (χ0) is 18.5. The molecule has 1 amide bonds. The Hall–Kier alpha value is -1.47. The molecule has 142 valence electrons. The summed E-state index contributed by atoms with van der Waals surface area (Å²) in [5, 5.41) is 2.44. The van der Waals surface area contributed by atoms with Gasteiger partial charge in [0.15, 0.2) is 5.69 Å². The molecule has 0 saturated carbocycles. The molecule has 0 spiro atoms. The molecule has 0 fully saturated rings. The molecule has 0 unspecified atom stereocenters. The second-order valence-electron chi connectivity index (χ2n) is 5.67. The maximum absolute atomic E-state index is 12.5. The van der Waals surface area contributed by atoms with Crippen LogP contribution in [0.25, 0.3) is 0 Å². The van der Waals surface area contributed by atoms with Crippen LogP contribution < -0.4 is 0 Å². The van der Waals surface area contributed by atoms with Gasteiger partial charge >= 0.3 is 5.97 Å². The average molecular weight is 371 g/mol. The number of aromatic nitrogens is 1. The maximum atomic E-state index is 12.5. The minimum atomic E-state index is -0.415. The van der Waals surface area contributed by atoms with Crippen LogP contribution >= 0.6 is 11.3 Å². The van der Waals surface area contributed by atoms with Gasteiger partial charge < -0.3 is 14.4 Å². The molecule has 0 aliphatic carbocycles. The van der Waals surface area contributed by atoms with E-state index >= 15 is 0 Å². The Labute approximate surface area is 154 Å². The van der Waals surface area contributed by atoms with E-state index in [1.807, 2.05) is 11.8 Å². The molecule has 0 N–H and O–H groups in total. The largest absolute Gasteiger partial charge is 0.461 e. The van der Waals surface area contributed by atoms with E-state index in [2.05, 4.69) is 11.9 Å². The number of unbranched alkanes of at least 4 members (excludes halogenated alkanes) is 2. The van der Waals surface area contributed by atoms with Crippen LogP contribution in [0.5, 0.6) is 0 Å². The van der Waals surface area contributed by atoms with E-state index in [4.69, 9.17) is 9.47 Å². The Morgan fingerprint density at radius 2 is 1.96 bits per heavy atom. The van der Waals surface area contributed by atoms with Crippen molar-refractivity contribution < 1.29 is 19.1 Å². The highest BCUT2D eigenvalue weighted by Crippen LogP contribution is 2.15. The fraction of sp³-hybridized carbons (Fsp3) is 0.722. The lowest BCUT2D eigenvalue weighted by molar-refractivity contribution is -0.132. The number of carbonyl (C=O) groups excluding carboxylic acids is 2. The van der Waals surface area contributed by atoms with Crippen molar-refractivity contribution >= 4 is 23.2 Å². The lowest BCUT2D eigenvalue weighted by Gasteiger charge is -2.21. The fourth-order valence-electron chi connectivity index (χ4n) is 2.32. The third-order valence-corrected chi connectivity index (χ3v) is 4.46. The van der Waals surface area contributed by atoms with Crippen LogP contribution in [-0.4, -0.2) is 48.1 Å². The van der Waals surface area contributed by atoms with Crippen LogP contribution in [0, 0.1) is 0 Å². The SMILES string of the molecule is CCCCCC(=O)N(CCCOCC)Cc1nc(C(=O)OCC)cs1. The summed E-state index contributed by atoms with van der Waals surface area (Å²) in [6, 6.07) is 0. The molecule has 1 rings (SSSR count). The summed E-state index contributed by atoms with van der Waals surface area (Å²) in [6.07, 6.45) is 4.40. The third kappa shape index (κ3) is 8.45. The first-order chi connectivity index (χ1) is 12.1. The molecule has 1 aromatic heterocycles. The molecule has 0 aromatic carbocycles. The highest BCUT2D eigenvalue weighted by Gasteiger charge is 2.17. The maximum Gasteiger partial charge on any atom is 0.357 e. The molecular weight excluding hydrogens is 340 g/mol. The Morgan fingerprint density at radius 1 is 1.16 bits per heavy atom. The van der Waals surface area contributed by atoms with Crippen molar-refractivity contribution in [1.29, 1.82) is 0 Å². The molecule has 7 heteroatoms. The van der Waals surface area contributed by atoms with E-state index in [-0.39, 0.29) is 5.91 Å². The van der Waals surface area contributed by atoms with Gasteiger partial charge in [0.05, 0.1) is 13.2 Å². The number of thiazole rings is 1. The molecule has 1 aromatic rings. The van der Waals surface area contributed by atoms with Crippen molar-refractivity contribution in [3.05, 3.63) is 16.1 Å². The Balaban J connectivity index is 2.64. The number of esters is 1. The molecule has 0 saturated heterocycles. The minimum Gasteiger partial charge on any atom is -0.461 e. The number of rotatable bonds is 13. The van der Waals surface area contributed by atoms with Gasteiger partial charge in [-0.2, -0.15) is 0 Å². The summed E-state index contributed by atoms with van der Waals surface area (Å²) in [5.41, 5.74) is 0.314. The minimum absolute atomic E-state index is 0.137. The van der Waals surface area contributed by atoms with Gasteiger partial charge in [-0.25, -0.2) is 9.78 Å². The van der Waals surface area contributed by atoms with Crippen LogP contribution in [0.4, 0.5) is 0 Å². The standard InChI is InChI=1S/C18H30N2O4S/c1-4-7-8-10-17(21)20(11-9-12-23-5-2)13-16-19-15(14-25-16)18(22)24-6-3/h14H,4-13H2,1-3H3. The number of amides is 1. The predicted molar refractivity (Wildman–Crippen MR) is 98.7 cm³/mol. The molecule has 0 bridgehead atoms. The topological polar surface area (TPSA) is 68.7 Å². The summed E-state index contributed by atoms with van der Waals surface area (Å²) in [5.74, 6) is -0.278. The molecule has 0 aliphatic heterocycles. The van der Waals surface area contributed by atoms with E-state index in [9.17, 15) is 9.59 Å². The molecule has 6 nitrogen and oxygen atoms in total. The van der Waals surface area contributed by atoms with Crippen LogP contribution in [0.3, 0.4) is 0 Å². The van der Waals surface area contributed by atoms with E-state index in [1.165, 1.54) is 11.3 Å². The Morgan fingerprint density at radius 3 is 2.64 bits per heavy atom. The van der Waals surface area contributed by atoms with Crippen molar-refractivity contribution in [1.82, 2.24) is 9.88 Å². The zero-order valence-corrected chi connectivity index (χ0v) is 16.4. The smallest absolute Gasteiger partial charge is 0.357 e. The summed E-state index contributed by atoms with van der Waals surface area (Å²) in [4.78, 5) is 30.4. The van der Waals surface area contributed by atoms with Gasteiger partial charge in [0.2, 0.25) is 5.91 Å². The Bertz CT molecular complexity index is 519. The van der Waals surface area contributed by atoms with Crippen LogP contribution in [0.1, 0.15) is 68.4 Å². The summed E-state index contributed by atoms with van der Waals surface area (Å²) in [6.45, 7) is 8.56. The third-order valence-electron chi connectivity index (χ3n) is 3.63. The molecule has 0 radical (unpaired) electrons. The van der Waals surface area contributed by atoms with Crippen molar-refractivity contribution in [2.45, 2.75) is 59.4 Å². The second kappa shape index (κ2) is 12.8. The molecule has 1 heterocycles. The molecule has 25 heavy (non-hydrogen) atoms. The molecule has 0 atom stereocenters. The summed E-state index contributed by atoms with van der Waals surface area (Å²) in [7, 11) is 0. The first-order valence-corrected chi connectivity index (χ1v) is 9.97. The van der Waals surface area contributed by atoms with Gasteiger partial charge in [-0.05, 0) is 26.7 Å². The van der Waals surface area contributed by atoms with Gasteiger partial charge in [0, 0.05) is 31.6 Å². The zero-order valence-electron chi connectivity index (χ0n) is 15.6. The van der Waals surface area contributed by atoms with E-state index in [1.54, 1.807) is 12.3 Å². The van der Waals surface area contributed by atoms with Crippen molar-refractivity contribution in [2.75, 3.05) is 26.4 Å².